The summed E-state index contributed by atoms with van der Waals surface area (Å²) in [5, 5.41) is 0.426. The van der Waals surface area contributed by atoms with Gasteiger partial charge in [-0.3, -0.25) is 15.0 Å². The molecule has 0 fully saturated rings. The Morgan fingerprint density at radius 2 is 1.53 bits per heavy atom. The van der Waals surface area contributed by atoms with E-state index in [0.29, 0.717) is 22.3 Å². The first-order valence-electron chi connectivity index (χ1n) is 9.04. The number of hydrogen-bond acceptors (Lipinski definition) is 3. The first-order chi connectivity index (χ1) is 14.5. The van der Waals surface area contributed by atoms with E-state index in [1.165, 1.54) is 10.8 Å². The minimum Gasteiger partial charge on any atom is -0.268 e. The molecule has 0 radical (unpaired) electrons. The first kappa shape index (κ1) is 20.3. The molecule has 1 aromatic heterocycles. The number of fused-ring (bicyclic) bond motifs is 1. The molecule has 4 aromatic rings. The Labute approximate surface area is 189 Å². The number of halogens is 2. The maximum Gasteiger partial charge on any atom is 0.280 e. The molecule has 0 saturated carbocycles. The van der Waals surface area contributed by atoms with Crippen molar-refractivity contribution in [2.75, 3.05) is 5.43 Å². The average molecular weight is 525 g/mol. The number of carbonyl (C=O) groups is 1. The lowest BCUT2D eigenvalue weighted by Gasteiger charge is -2.13. The second-order valence-corrected chi connectivity index (χ2v) is 8.29. The molecule has 0 spiro atoms. The number of hydrogen-bond donors (Lipinski definition) is 1. The number of benzene rings is 3. The summed E-state index contributed by atoms with van der Waals surface area (Å²) in [4.78, 5) is 30.3. The van der Waals surface area contributed by atoms with Gasteiger partial charge in [0.05, 0.1) is 10.9 Å². The van der Waals surface area contributed by atoms with E-state index in [-0.39, 0.29) is 5.56 Å². The van der Waals surface area contributed by atoms with Gasteiger partial charge in [-0.25, -0.2) is 4.98 Å². The van der Waals surface area contributed by atoms with E-state index in [1.807, 2.05) is 54.6 Å². The van der Waals surface area contributed by atoms with Gasteiger partial charge >= 0.3 is 0 Å². The molecule has 1 heterocycles. The van der Waals surface area contributed by atoms with E-state index in [0.717, 1.165) is 14.5 Å². The Morgan fingerprint density at radius 3 is 2.23 bits per heavy atom. The van der Waals surface area contributed by atoms with Gasteiger partial charge in [-0.15, -0.1) is 0 Å². The first-order valence-corrected chi connectivity index (χ1v) is 10.6. The zero-order valence-electron chi connectivity index (χ0n) is 15.5. The number of carbonyl (C=O) groups excluding carboxylic acids is 1. The summed E-state index contributed by atoms with van der Waals surface area (Å²) in [6, 6.07) is 22.0. The molecule has 0 unspecified atom stereocenters. The molecule has 1 amide bonds. The van der Waals surface area contributed by atoms with Crippen molar-refractivity contribution in [1.29, 1.82) is 0 Å². The summed E-state index contributed by atoms with van der Waals surface area (Å²) in [6.07, 6.45) is 3.07. The van der Waals surface area contributed by atoms with Crippen LogP contribution in [0.5, 0.6) is 0 Å². The Balaban J connectivity index is 1.74. The Hall–Kier alpha value is -3.03. The molecular weight excluding hydrogens is 510 g/mol. The predicted octanol–water partition coefficient (Wildman–Crippen LogP) is 5.37. The number of aromatic nitrogens is 2. The number of para-hydroxylation sites is 1. The molecule has 30 heavy (non-hydrogen) atoms. The maximum absolute atomic E-state index is 13.1. The quantitative estimate of drug-likeness (QED) is 0.365. The molecule has 7 heteroatoms. The largest absolute Gasteiger partial charge is 0.280 e. The summed E-state index contributed by atoms with van der Waals surface area (Å²) >= 11 is 6.79. The number of amides is 1. The molecule has 5 nitrogen and oxygen atoms in total. The van der Waals surface area contributed by atoms with Crippen molar-refractivity contribution < 1.29 is 4.79 Å². The molecule has 0 aliphatic heterocycles. The lowest BCUT2D eigenvalue weighted by atomic mass is 10.2. The van der Waals surface area contributed by atoms with Crippen LogP contribution in [0, 0.1) is 0 Å². The van der Waals surface area contributed by atoms with Crippen molar-refractivity contribution in [3.63, 3.8) is 0 Å². The molecule has 0 atom stereocenters. The lowest BCUT2D eigenvalue weighted by molar-refractivity contribution is -0.112. The third-order valence-corrected chi connectivity index (χ3v) is 5.45. The standard InChI is InChI=1S/C23H15Br2N3O2/c24-17-10-5-15(6-11-17)7-14-21(29)27-28-22(16-8-12-18(25)13-9-16)26-20-4-2-1-3-19(20)23(28)30/h1-14H,(H,27,29). The van der Waals surface area contributed by atoms with Gasteiger partial charge in [0.15, 0.2) is 5.82 Å². The van der Waals surface area contributed by atoms with Crippen LogP contribution in [0.4, 0.5) is 0 Å². The van der Waals surface area contributed by atoms with Crippen molar-refractivity contribution in [2.24, 2.45) is 0 Å². The van der Waals surface area contributed by atoms with Gasteiger partial charge in [0.2, 0.25) is 0 Å². The van der Waals surface area contributed by atoms with E-state index < -0.39 is 5.91 Å². The molecule has 148 valence electrons. The molecule has 0 aliphatic carbocycles. The van der Waals surface area contributed by atoms with Gasteiger partial charge < -0.3 is 0 Å². The van der Waals surface area contributed by atoms with E-state index in [4.69, 9.17) is 0 Å². The smallest absolute Gasteiger partial charge is 0.268 e. The normalized spacial score (nSPS) is 11.1. The zero-order valence-corrected chi connectivity index (χ0v) is 18.7. The van der Waals surface area contributed by atoms with Crippen LogP contribution >= 0.6 is 31.9 Å². The van der Waals surface area contributed by atoms with Crippen LogP contribution in [-0.4, -0.2) is 15.6 Å². The second kappa shape index (κ2) is 8.77. The zero-order chi connectivity index (χ0) is 21.1. The fraction of sp³-hybridized carbons (Fsp3) is 0. The van der Waals surface area contributed by atoms with Crippen molar-refractivity contribution >= 4 is 54.7 Å². The van der Waals surface area contributed by atoms with Crippen LogP contribution in [0.25, 0.3) is 28.4 Å². The molecule has 3 aromatic carbocycles. The fourth-order valence-corrected chi connectivity index (χ4v) is 3.45. The molecular formula is C23H15Br2N3O2. The Morgan fingerprint density at radius 1 is 0.900 bits per heavy atom. The number of rotatable bonds is 4. The van der Waals surface area contributed by atoms with Crippen molar-refractivity contribution in [2.45, 2.75) is 0 Å². The highest BCUT2D eigenvalue weighted by Crippen LogP contribution is 2.21. The highest BCUT2D eigenvalue weighted by Gasteiger charge is 2.14. The summed E-state index contributed by atoms with van der Waals surface area (Å²) < 4.78 is 3.05. The van der Waals surface area contributed by atoms with Gasteiger partial charge in [0.25, 0.3) is 11.5 Å². The summed E-state index contributed by atoms with van der Waals surface area (Å²) in [5.41, 5.74) is 4.46. The highest BCUT2D eigenvalue weighted by molar-refractivity contribution is 9.10. The van der Waals surface area contributed by atoms with Gasteiger partial charge in [-0.1, -0.05) is 68.3 Å². The maximum atomic E-state index is 13.1. The van der Waals surface area contributed by atoms with E-state index in [9.17, 15) is 9.59 Å². The van der Waals surface area contributed by atoms with Crippen LogP contribution in [0.1, 0.15) is 5.56 Å². The minimum atomic E-state index is -0.435. The predicted molar refractivity (Wildman–Crippen MR) is 127 cm³/mol. The van der Waals surface area contributed by atoms with Gasteiger partial charge in [-0.2, -0.15) is 4.68 Å². The van der Waals surface area contributed by atoms with Crippen LogP contribution in [-0.2, 0) is 4.79 Å². The molecule has 4 rings (SSSR count). The van der Waals surface area contributed by atoms with Crippen LogP contribution in [0.15, 0.2) is 92.6 Å². The monoisotopic (exact) mass is 523 g/mol. The lowest BCUT2D eigenvalue weighted by Crippen LogP contribution is -2.34. The van der Waals surface area contributed by atoms with Crippen LogP contribution < -0.4 is 11.0 Å². The van der Waals surface area contributed by atoms with E-state index in [2.05, 4.69) is 42.3 Å². The number of nitrogens with one attached hydrogen (secondary N) is 1. The van der Waals surface area contributed by atoms with Crippen molar-refractivity contribution in [3.05, 3.63) is 104 Å². The van der Waals surface area contributed by atoms with Gasteiger partial charge in [0.1, 0.15) is 0 Å². The van der Waals surface area contributed by atoms with Crippen molar-refractivity contribution in [3.8, 4) is 11.4 Å². The van der Waals surface area contributed by atoms with Crippen LogP contribution in [0.2, 0.25) is 0 Å². The van der Waals surface area contributed by atoms with E-state index >= 15 is 0 Å². The highest BCUT2D eigenvalue weighted by atomic mass is 79.9. The molecule has 1 N–H and O–H groups in total. The second-order valence-electron chi connectivity index (χ2n) is 6.46. The summed E-state index contributed by atoms with van der Waals surface area (Å²) in [7, 11) is 0. The Kier molecular flexibility index (Phi) is 5.92. The third kappa shape index (κ3) is 4.42. The fourth-order valence-electron chi connectivity index (χ4n) is 2.92. The Bertz CT molecular complexity index is 1310. The third-order valence-electron chi connectivity index (χ3n) is 4.40. The summed E-state index contributed by atoms with van der Waals surface area (Å²) in [5.74, 6) is -0.0768. The van der Waals surface area contributed by atoms with Gasteiger partial charge in [-0.05, 0) is 48.0 Å². The van der Waals surface area contributed by atoms with Gasteiger partial charge in [0, 0.05) is 20.6 Å². The SMILES string of the molecule is O=C(C=Cc1ccc(Br)cc1)Nn1c(-c2ccc(Br)cc2)nc2ccccc2c1=O. The molecule has 0 aliphatic rings. The molecule has 0 saturated heterocycles. The van der Waals surface area contributed by atoms with E-state index in [1.54, 1.807) is 24.3 Å². The summed E-state index contributed by atoms with van der Waals surface area (Å²) in [6.45, 7) is 0. The average Bonchev–Trinajstić information content (AvgIpc) is 2.76. The molecule has 0 bridgehead atoms. The van der Waals surface area contributed by atoms with Crippen LogP contribution in [0.3, 0.4) is 0 Å². The minimum absolute atomic E-state index is 0.344. The van der Waals surface area contributed by atoms with Crippen molar-refractivity contribution in [1.82, 2.24) is 9.66 Å². The topological polar surface area (TPSA) is 64.0 Å². The number of nitrogens with zero attached hydrogens (tertiary/aromatic N) is 2.